The van der Waals surface area contributed by atoms with Crippen molar-refractivity contribution in [2.24, 2.45) is 0 Å². The van der Waals surface area contributed by atoms with Gasteiger partial charge in [-0.05, 0) is 63.1 Å². The number of esters is 1. The molecule has 5 heteroatoms. The zero-order valence-corrected chi connectivity index (χ0v) is 15.5. The smallest absolute Gasteiger partial charge is 0.338 e. The summed E-state index contributed by atoms with van der Waals surface area (Å²) in [5, 5.41) is 0. The highest BCUT2D eigenvalue weighted by atomic mass is 16.5. The zero-order valence-electron chi connectivity index (χ0n) is 15.5. The Balaban J connectivity index is 1.90. The fourth-order valence-electron chi connectivity index (χ4n) is 2.94. The standard InChI is InChI=1S/C21H23NO4/c1-13(2)25-21(24)17-7-5-6-16(11-17)12-22-18-10-14(3)8-9-19(18)26-15(4)20(22)23/h5-11,13,15H,12H2,1-4H3. The number of anilines is 1. The van der Waals surface area contributed by atoms with Crippen molar-refractivity contribution in [2.45, 2.75) is 46.4 Å². The second-order valence-electron chi connectivity index (χ2n) is 6.81. The molecule has 1 unspecified atom stereocenters. The molecule has 1 aliphatic heterocycles. The zero-order chi connectivity index (χ0) is 18.8. The topological polar surface area (TPSA) is 55.8 Å². The predicted molar refractivity (Wildman–Crippen MR) is 99.5 cm³/mol. The van der Waals surface area contributed by atoms with Crippen molar-refractivity contribution in [1.82, 2.24) is 0 Å². The summed E-state index contributed by atoms with van der Waals surface area (Å²) in [6, 6.07) is 13.0. The number of amides is 1. The minimum atomic E-state index is -0.542. The molecule has 2 aromatic carbocycles. The van der Waals surface area contributed by atoms with Crippen LogP contribution < -0.4 is 9.64 Å². The molecular formula is C21H23NO4. The molecule has 0 saturated carbocycles. The number of aryl methyl sites for hydroxylation is 1. The van der Waals surface area contributed by atoms with Crippen LogP contribution in [-0.2, 0) is 16.1 Å². The van der Waals surface area contributed by atoms with E-state index in [4.69, 9.17) is 9.47 Å². The van der Waals surface area contributed by atoms with Gasteiger partial charge in [-0.15, -0.1) is 0 Å². The number of rotatable bonds is 4. The summed E-state index contributed by atoms with van der Waals surface area (Å²) in [5.74, 6) is 0.232. The minimum absolute atomic E-state index is 0.0988. The fraction of sp³-hybridized carbons (Fsp3) is 0.333. The van der Waals surface area contributed by atoms with E-state index in [0.717, 1.165) is 16.8 Å². The number of hydrogen-bond acceptors (Lipinski definition) is 4. The van der Waals surface area contributed by atoms with Crippen molar-refractivity contribution < 1.29 is 19.1 Å². The maximum atomic E-state index is 12.7. The average Bonchev–Trinajstić information content (AvgIpc) is 2.59. The van der Waals surface area contributed by atoms with Crippen LogP contribution in [0.5, 0.6) is 5.75 Å². The van der Waals surface area contributed by atoms with Gasteiger partial charge in [0.1, 0.15) is 5.75 Å². The molecule has 3 rings (SSSR count). The second-order valence-corrected chi connectivity index (χ2v) is 6.81. The van der Waals surface area contributed by atoms with E-state index in [1.807, 2.05) is 45.0 Å². The Bertz CT molecular complexity index is 844. The van der Waals surface area contributed by atoms with E-state index in [9.17, 15) is 9.59 Å². The Hall–Kier alpha value is -2.82. The first kappa shape index (κ1) is 18.0. The summed E-state index contributed by atoms with van der Waals surface area (Å²) in [4.78, 5) is 26.5. The Morgan fingerprint density at radius 3 is 2.73 bits per heavy atom. The van der Waals surface area contributed by atoms with E-state index >= 15 is 0 Å². The van der Waals surface area contributed by atoms with E-state index in [-0.39, 0.29) is 18.0 Å². The third-order valence-corrected chi connectivity index (χ3v) is 4.17. The number of carbonyl (C=O) groups excluding carboxylic acids is 2. The van der Waals surface area contributed by atoms with Crippen LogP contribution in [0.25, 0.3) is 0 Å². The first-order valence-corrected chi connectivity index (χ1v) is 8.74. The van der Waals surface area contributed by atoms with Crippen LogP contribution in [0.15, 0.2) is 42.5 Å². The molecule has 0 saturated heterocycles. The van der Waals surface area contributed by atoms with Crippen molar-refractivity contribution in [3.8, 4) is 5.75 Å². The molecule has 0 aromatic heterocycles. The highest BCUT2D eigenvalue weighted by Crippen LogP contribution is 2.35. The van der Waals surface area contributed by atoms with Gasteiger partial charge < -0.3 is 14.4 Å². The third-order valence-electron chi connectivity index (χ3n) is 4.17. The number of fused-ring (bicyclic) bond motifs is 1. The molecule has 5 nitrogen and oxygen atoms in total. The molecule has 0 bridgehead atoms. The average molecular weight is 353 g/mol. The molecule has 0 radical (unpaired) electrons. The summed E-state index contributed by atoms with van der Waals surface area (Å²) in [5.41, 5.74) is 3.14. The fourth-order valence-corrected chi connectivity index (χ4v) is 2.94. The highest BCUT2D eigenvalue weighted by molar-refractivity contribution is 6.00. The summed E-state index contributed by atoms with van der Waals surface area (Å²) < 4.78 is 11.0. The van der Waals surface area contributed by atoms with Crippen molar-refractivity contribution in [3.05, 3.63) is 59.2 Å². The summed E-state index contributed by atoms with van der Waals surface area (Å²) in [7, 11) is 0. The van der Waals surface area contributed by atoms with Gasteiger partial charge in [0.15, 0.2) is 6.10 Å². The van der Waals surface area contributed by atoms with Crippen LogP contribution >= 0.6 is 0 Å². The molecule has 0 N–H and O–H groups in total. The second kappa shape index (κ2) is 7.20. The van der Waals surface area contributed by atoms with Crippen molar-refractivity contribution in [3.63, 3.8) is 0 Å². The van der Waals surface area contributed by atoms with Crippen molar-refractivity contribution in [2.75, 3.05) is 4.90 Å². The monoisotopic (exact) mass is 353 g/mol. The van der Waals surface area contributed by atoms with Crippen molar-refractivity contribution >= 4 is 17.6 Å². The van der Waals surface area contributed by atoms with E-state index in [0.29, 0.717) is 17.9 Å². The molecule has 2 aromatic rings. The van der Waals surface area contributed by atoms with E-state index < -0.39 is 6.10 Å². The maximum Gasteiger partial charge on any atom is 0.338 e. The van der Waals surface area contributed by atoms with Gasteiger partial charge in [0.2, 0.25) is 0 Å². The lowest BCUT2D eigenvalue weighted by atomic mass is 10.1. The van der Waals surface area contributed by atoms with Crippen LogP contribution in [0, 0.1) is 6.92 Å². The Morgan fingerprint density at radius 2 is 2.00 bits per heavy atom. The van der Waals surface area contributed by atoms with Crippen LogP contribution in [0.3, 0.4) is 0 Å². The van der Waals surface area contributed by atoms with Gasteiger partial charge in [-0.3, -0.25) is 4.79 Å². The van der Waals surface area contributed by atoms with Crippen LogP contribution in [0.2, 0.25) is 0 Å². The molecule has 1 amide bonds. The molecule has 0 fully saturated rings. The van der Waals surface area contributed by atoms with Crippen molar-refractivity contribution in [1.29, 1.82) is 0 Å². The number of ether oxygens (including phenoxy) is 2. The molecule has 0 aliphatic carbocycles. The third kappa shape index (κ3) is 3.72. The lowest BCUT2D eigenvalue weighted by molar-refractivity contribution is -0.125. The molecule has 1 heterocycles. The molecule has 0 spiro atoms. The van der Waals surface area contributed by atoms with E-state index in [2.05, 4.69) is 0 Å². The molecular weight excluding hydrogens is 330 g/mol. The summed E-state index contributed by atoms with van der Waals surface area (Å²) in [6.45, 7) is 7.72. The SMILES string of the molecule is Cc1ccc2c(c1)N(Cc1cccc(C(=O)OC(C)C)c1)C(=O)C(C)O2. The Morgan fingerprint density at radius 1 is 1.23 bits per heavy atom. The van der Waals surface area contributed by atoms with Crippen LogP contribution in [0.1, 0.15) is 42.3 Å². The van der Waals surface area contributed by atoms with Gasteiger partial charge in [-0.1, -0.05) is 18.2 Å². The molecule has 136 valence electrons. The van der Waals surface area contributed by atoms with E-state index in [1.54, 1.807) is 30.0 Å². The van der Waals surface area contributed by atoms with Gasteiger partial charge in [-0.2, -0.15) is 0 Å². The lowest BCUT2D eigenvalue weighted by Gasteiger charge is -2.33. The predicted octanol–water partition coefficient (Wildman–Crippen LogP) is 3.87. The Labute approximate surface area is 153 Å². The highest BCUT2D eigenvalue weighted by Gasteiger charge is 2.31. The van der Waals surface area contributed by atoms with Crippen LogP contribution in [-0.4, -0.2) is 24.1 Å². The summed E-state index contributed by atoms with van der Waals surface area (Å²) >= 11 is 0. The quantitative estimate of drug-likeness (QED) is 0.783. The molecule has 26 heavy (non-hydrogen) atoms. The normalized spacial score (nSPS) is 16.3. The molecule has 1 aliphatic rings. The Kier molecular flexibility index (Phi) is 4.98. The number of nitrogens with zero attached hydrogens (tertiary/aromatic N) is 1. The number of carbonyl (C=O) groups is 2. The van der Waals surface area contributed by atoms with Gasteiger partial charge in [-0.25, -0.2) is 4.79 Å². The maximum absolute atomic E-state index is 12.7. The lowest BCUT2D eigenvalue weighted by Crippen LogP contribution is -2.44. The van der Waals surface area contributed by atoms with Gasteiger partial charge in [0.05, 0.1) is 23.9 Å². The van der Waals surface area contributed by atoms with Gasteiger partial charge >= 0.3 is 5.97 Å². The largest absolute Gasteiger partial charge is 0.479 e. The van der Waals surface area contributed by atoms with Crippen LogP contribution in [0.4, 0.5) is 5.69 Å². The first-order chi connectivity index (χ1) is 12.3. The summed E-state index contributed by atoms with van der Waals surface area (Å²) in [6.07, 6.45) is -0.720. The number of benzene rings is 2. The first-order valence-electron chi connectivity index (χ1n) is 8.74. The van der Waals surface area contributed by atoms with Gasteiger partial charge in [0.25, 0.3) is 5.91 Å². The minimum Gasteiger partial charge on any atom is -0.479 e. The molecule has 1 atom stereocenters. The van der Waals surface area contributed by atoms with E-state index in [1.165, 1.54) is 0 Å². The van der Waals surface area contributed by atoms with Gasteiger partial charge in [0, 0.05) is 0 Å². The number of hydrogen-bond donors (Lipinski definition) is 0.